The molecule has 0 saturated carbocycles. The van der Waals surface area contributed by atoms with Crippen molar-refractivity contribution >= 4 is 33.3 Å². The van der Waals surface area contributed by atoms with E-state index >= 15 is 0 Å². The molecule has 3 aromatic carbocycles. The van der Waals surface area contributed by atoms with Crippen LogP contribution in [0.5, 0.6) is 0 Å². The van der Waals surface area contributed by atoms with Gasteiger partial charge in [-0.15, -0.1) is 0 Å². The van der Waals surface area contributed by atoms with Gasteiger partial charge in [-0.1, -0.05) is 48.5 Å². The molecule has 1 fully saturated rings. The van der Waals surface area contributed by atoms with Crippen molar-refractivity contribution < 1.29 is 18.0 Å². The Labute approximate surface area is 195 Å². The molecule has 1 aromatic heterocycles. The van der Waals surface area contributed by atoms with E-state index in [1.165, 1.54) is 11.6 Å². The summed E-state index contributed by atoms with van der Waals surface area (Å²) in [5, 5.41) is 7.73. The number of carbonyl (C=O) groups excluding carboxylic acids is 1. The van der Waals surface area contributed by atoms with Gasteiger partial charge in [0.15, 0.2) is 0 Å². The Bertz CT molecular complexity index is 1280. The minimum atomic E-state index is -4.40. The summed E-state index contributed by atoms with van der Waals surface area (Å²) in [6.07, 6.45) is -1.82. The number of nitrogens with zero attached hydrogens (tertiary/aromatic N) is 2. The second-order valence-electron chi connectivity index (χ2n) is 8.70. The van der Waals surface area contributed by atoms with E-state index in [9.17, 15) is 18.0 Å². The first-order chi connectivity index (χ1) is 16.4. The maximum absolute atomic E-state index is 12.8. The molecule has 7 heteroatoms. The van der Waals surface area contributed by atoms with Crippen LogP contribution in [0.3, 0.4) is 0 Å². The zero-order valence-electron chi connectivity index (χ0n) is 18.5. The van der Waals surface area contributed by atoms with Crippen LogP contribution < -0.4 is 10.2 Å². The average molecular weight is 464 g/mol. The van der Waals surface area contributed by atoms with Crippen LogP contribution >= 0.6 is 0 Å². The highest BCUT2D eigenvalue weighted by Crippen LogP contribution is 2.31. The summed E-state index contributed by atoms with van der Waals surface area (Å²) >= 11 is 0. The number of hydrogen-bond donors (Lipinski definition) is 1. The molecule has 2 heterocycles. The van der Waals surface area contributed by atoms with E-state index in [1.54, 1.807) is 0 Å². The van der Waals surface area contributed by atoms with Gasteiger partial charge in [-0.25, -0.2) is 4.98 Å². The predicted octanol–water partition coefficient (Wildman–Crippen LogP) is 5.73. The van der Waals surface area contributed by atoms with Crippen LogP contribution in [0, 0.1) is 0 Å². The number of fused-ring (bicyclic) bond motifs is 2. The summed E-state index contributed by atoms with van der Waals surface area (Å²) in [6, 6.07) is 21.0. The largest absolute Gasteiger partial charge is 0.417 e. The Balaban J connectivity index is 1.23. The maximum atomic E-state index is 12.8. The molecular formula is C27H24F3N3O. The van der Waals surface area contributed by atoms with Crippen LogP contribution in [0.1, 0.15) is 24.0 Å². The monoisotopic (exact) mass is 463 g/mol. The van der Waals surface area contributed by atoms with Crippen molar-refractivity contribution in [2.75, 3.05) is 18.0 Å². The maximum Gasteiger partial charge on any atom is 0.417 e. The SMILES string of the molecule is O=C(CCc1c2ccccc2cc2ccccc12)NC1CCN(c2ccc(C(F)(F)F)cn2)C1. The molecule has 4 aromatic rings. The molecule has 1 unspecified atom stereocenters. The van der Waals surface area contributed by atoms with Crippen molar-refractivity contribution in [2.24, 2.45) is 0 Å². The third-order valence-corrected chi connectivity index (χ3v) is 6.44. The van der Waals surface area contributed by atoms with E-state index in [0.29, 0.717) is 31.7 Å². The second kappa shape index (κ2) is 8.97. The molecule has 0 spiro atoms. The van der Waals surface area contributed by atoms with E-state index in [0.717, 1.165) is 40.2 Å². The van der Waals surface area contributed by atoms with Crippen LogP contribution in [0.15, 0.2) is 72.9 Å². The number of alkyl halides is 3. The van der Waals surface area contributed by atoms with Crippen LogP contribution in [-0.2, 0) is 17.4 Å². The molecular weight excluding hydrogens is 439 g/mol. The average Bonchev–Trinajstić information content (AvgIpc) is 3.29. The molecule has 0 bridgehead atoms. The van der Waals surface area contributed by atoms with Gasteiger partial charge in [-0.2, -0.15) is 13.2 Å². The summed E-state index contributed by atoms with van der Waals surface area (Å²) in [7, 11) is 0. The van der Waals surface area contributed by atoms with Gasteiger partial charge in [0.25, 0.3) is 0 Å². The van der Waals surface area contributed by atoms with Crippen molar-refractivity contribution in [1.29, 1.82) is 0 Å². The zero-order valence-corrected chi connectivity index (χ0v) is 18.5. The summed E-state index contributed by atoms with van der Waals surface area (Å²) in [6.45, 7) is 1.17. The number of pyridine rings is 1. The summed E-state index contributed by atoms with van der Waals surface area (Å²) in [5.74, 6) is 0.469. The number of rotatable bonds is 5. The van der Waals surface area contributed by atoms with Crippen LogP contribution in [0.4, 0.5) is 19.0 Å². The van der Waals surface area contributed by atoms with Gasteiger partial charge in [0, 0.05) is 31.7 Å². The highest BCUT2D eigenvalue weighted by Gasteiger charge is 2.31. The fourth-order valence-electron chi connectivity index (χ4n) is 4.74. The van der Waals surface area contributed by atoms with Gasteiger partial charge in [-0.05, 0) is 58.1 Å². The van der Waals surface area contributed by atoms with Gasteiger partial charge >= 0.3 is 6.18 Å². The molecule has 174 valence electrons. The van der Waals surface area contributed by atoms with E-state index < -0.39 is 11.7 Å². The molecule has 1 N–H and O–H groups in total. The van der Waals surface area contributed by atoms with Crippen LogP contribution in [0.25, 0.3) is 21.5 Å². The standard InChI is InChI=1S/C27H24F3N3O/c28-27(29,30)20-9-11-25(31-16-20)33-14-13-21(17-33)32-26(34)12-10-24-22-7-3-1-5-18(22)15-19-6-2-4-8-23(19)24/h1-9,11,15-16,21H,10,12-14,17H2,(H,32,34). The van der Waals surface area contributed by atoms with E-state index in [1.807, 2.05) is 29.2 Å². The predicted molar refractivity (Wildman–Crippen MR) is 128 cm³/mol. The van der Waals surface area contributed by atoms with Gasteiger partial charge in [0.1, 0.15) is 5.82 Å². The van der Waals surface area contributed by atoms with Gasteiger partial charge in [0.2, 0.25) is 5.91 Å². The lowest BCUT2D eigenvalue weighted by Gasteiger charge is -2.19. The number of hydrogen-bond acceptors (Lipinski definition) is 3. The number of aromatic nitrogens is 1. The molecule has 5 rings (SSSR count). The minimum absolute atomic E-state index is 0.0238. The third-order valence-electron chi connectivity index (χ3n) is 6.44. The highest BCUT2D eigenvalue weighted by atomic mass is 19.4. The lowest BCUT2D eigenvalue weighted by molar-refractivity contribution is -0.137. The Hall–Kier alpha value is -3.61. The number of anilines is 1. The normalized spacial score (nSPS) is 16.3. The Kier molecular flexibility index (Phi) is 5.86. The summed E-state index contributed by atoms with van der Waals surface area (Å²) < 4.78 is 38.3. The zero-order chi connectivity index (χ0) is 23.7. The smallest absolute Gasteiger partial charge is 0.354 e. The quantitative estimate of drug-likeness (QED) is 0.384. The highest BCUT2D eigenvalue weighted by molar-refractivity contribution is 6.02. The van der Waals surface area contributed by atoms with E-state index in [4.69, 9.17) is 0 Å². The molecule has 1 saturated heterocycles. The number of benzene rings is 3. The Morgan fingerprint density at radius 3 is 2.29 bits per heavy atom. The fourth-order valence-corrected chi connectivity index (χ4v) is 4.74. The van der Waals surface area contributed by atoms with Gasteiger partial charge in [-0.3, -0.25) is 4.79 Å². The number of amides is 1. The number of halogens is 3. The third kappa shape index (κ3) is 4.55. The van der Waals surface area contributed by atoms with Crippen molar-refractivity contribution in [1.82, 2.24) is 10.3 Å². The van der Waals surface area contributed by atoms with Gasteiger partial charge in [0.05, 0.1) is 5.56 Å². The van der Waals surface area contributed by atoms with Crippen molar-refractivity contribution in [2.45, 2.75) is 31.5 Å². The topological polar surface area (TPSA) is 45.2 Å². The summed E-state index contributed by atoms with van der Waals surface area (Å²) in [5.41, 5.74) is 0.409. The fraction of sp³-hybridized carbons (Fsp3) is 0.259. The molecule has 0 radical (unpaired) electrons. The van der Waals surface area contributed by atoms with Crippen molar-refractivity contribution in [3.8, 4) is 0 Å². The molecule has 1 aliphatic heterocycles. The first-order valence-electron chi connectivity index (χ1n) is 11.4. The minimum Gasteiger partial charge on any atom is -0.354 e. The number of carbonyl (C=O) groups is 1. The molecule has 0 aliphatic carbocycles. The van der Waals surface area contributed by atoms with Crippen LogP contribution in [-0.4, -0.2) is 30.0 Å². The molecule has 4 nitrogen and oxygen atoms in total. The number of nitrogens with one attached hydrogen (secondary N) is 1. The number of aryl methyl sites for hydroxylation is 1. The molecule has 1 atom stereocenters. The van der Waals surface area contributed by atoms with E-state index in [-0.39, 0.29) is 11.9 Å². The molecule has 1 aliphatic rings. The first kappa shape index (κ1) is 22.2. The second-order valence-corrected chi connectivity index (χ2v) is 8.70. The summed E-state index contributed by atoms with van der Waals surface area (Å²) in [4.78, 5) is 18.6. The van der Waals surface area contributed by atoms with E-state index in [2.05, 4.69) is 40.6 Å². The van der Waals surface area contributed by atoms with Gasteiger partial charge < -0.3 is 10.2 Å². The first-order valence-corrected chi connectivity index (χ1v) is 11.4. The Morgan fingerprint density at radius 2 is 1.68 bits per heavy atom. The molecule has 34 heavy (non-hydrogen) atoms. The Morgan fingerprint density at radius 1 is 1.00 bits per heavy atom. The molecule has 1 amide bonds. The lowest BCUT2D eigenvalue weighted by atomic mass is 9.94. The van der Waals surface area contributed by atoms with Crippen LogP contribution in [0.2, 0.25) is 0 Å². The van der Waals surface area contributed by atoms with Crippen molar-refractivity contribution in [3.63, 3.8) is 0 Å². The lowest BCUT2D eigenvalue weighted by Crippen LogP contribution is -2.37. The van der Waals surface area contributed by atoms with Crippen molar-refractivity contribution in [3.05, 3.63) is 84.1 Å².